The van der Waals surface area contributed by atoms with Crippen LogP contribution in [0.25, 0.3) is 0 Å². The summed E-state index contributed by atoms with van der Waals surface area (Å²) in [5.74, 6) is 0.0708. The molecule has 84 valence electrons. The smallest absolute Gasteiger partial charge is 0.253 e. The molecule has 0 unspecified atom stereocenters. The van der Waals surface area contributed by atoms with Crippen LogP contribution in [-0.2, 0) is 11.2 Å². The van der Waals surface area contributed by atoms with Gasteiger partial charge in [-0.15, -0.1) is 0 Å². The van der Waals surface area contributed by atoms with Crippen molar-refractivity contribution >= 4 is 17.3 Å². The van der Waals surface area contributed by atoms with E-state index >= 15 is 0 Å². The average Bonchev–Trinajstić information content (AvgIpc) is 2.57. The Bertz CT molecular complexity index is 463. The Morgan fingerprint density at radius 1 is 1.38 bits per heavy atom. The maximum atomic E-state index is 11.8. The number of nitrogens with zero attached hydrogens (tertiary/aromatic N) is 2. The molecule has 0 spiro atoms. The molecule has 1 heterocycles. The zero-order valence-corrected chi connectivity index (χ0v) is 9.95. The largest absolute Gasteiger partial charge is 0.272 e. The molecule has 3 heteroatoms. The van der Waals surface area contributed by atoms with E-state index in [0.717, 1.165) is 23.4 Å². The van der Waals surface area contributed by atoms with Crippen LogP contribution < -0.4 is 5.01 Å². The Morgan fingerprint density at radius 3 is 2.69 bits per heavy atom. The summed E-state index contributed by atoms with van der Waals surface area (Å²) in [6.45, 7) is 6.00. The Morgan fingerprint density at radius 2 is 2.12 bits per heavy atom. The van der Waals surface area contributed by atoms with Gasteiger partial charge in [0.05, 0.1) is 12.1 Å². The van der Waals surface area contributed by atoms with E-state index in [1.165, 1.54) is 5.56 Å². The van der Waals surface area contributed by atoms with Gasteiger partial charge in [-0.05, 0) is 31.4 Å². The molecule has 1 aliphatic rings. The highest BCUT2D eigenvalue weighted by atomic mass is 16.2. The fraction of sp³-hybridized carbons (Fsp3) is 0.385. The van der Waals surface area contributed by atoms with E-state index in [9.17, 15) is 4.79 Å². The molecule has 0 saturated carbocycles. The molecule has 0 atom stereocenters. The summed E-state index contributed by atoms with van der Waals surface area (Å²) in [6.07, 6.45) is 1.35. The maximum absolute atomic E-state index is 11.8. The van der Waals surface area contributed by atoms with Gasteiger partial charge in [0.2, 0.25) is 0 Å². The molecular formula is C13H16N2O. The minimum absolute atomic E-state index is 0.0708. The van der Waals surface area contributed by atoms with Gasteiger partial charge in [-0.25, -0.2) is 0 Å². The first-order chi connectivity index (χ1) is 7.63. The van der Waals surface area contributed by atoms with Crippen molar-refractivity contribution in [3.8, 4) is 0 Å². The summed E-state index contributed by atoms with van der Waals surface area (Å²) in [5, 5.41) is 5.87. The minimum Gasteiger partial charge on any atom is -0.272 e. The molecule has 0 aliphatic carbocycles. The fourth-order valence-corrected chi connectivity index (χ4v) is 2.04. The number of hydrazone groups is 1. The van der Waals surface area contributed by atoms with Crippen molar-refractivity contribution in [2.24, 2.45) is 5.10 Å². The lowest BCUT2D eigenvalue weighted by molar-refractivity contribution is -0.116. The number of carbonyl (C=O) groups is 1. The summed E-state index contributed by atoms with van der Waals surface area (Å²) < 4.78 is 0. The number of rotatable bonds is 2. The summed E-state index contributed by atoms with van der Waals surface area (Å²) in [7, 11) is 0. The van der Waals surface area contributed by atoms with Crippen LogP contribution in [0.2, 0.25) is 0 Å². The van der Waals surface area contributed by atoms with Crippen LogP contribution >= 0.6 is 0 Å². The Hall–Kier alpha value is -1.64. The zero-order valence-electron chi connectivity index (χ0n) is 9.95. The zero-order chi connectivity index (χ0) is 11.7. The van der Waals surface area contributed by atoms with Gasteiger partial charge in [0.15, 0.2) is 0 Å². The quantitative estimate of drug-likeness (QED) is 0.748. The van der Waals surface area contributed by atoms with Gasteiger partial charge in [-0.1, -0.05) is 25.1 Å². The number of carbonyl (C=O) groups excluding carboxylic acids is 1. The summed E-state index contributed by atoms with van der Waals surface area (Å²) >= 11 is 0. The third-order valence-corrected chi connectivity index (χ3v) is 2.83. The Balaban J connectivity index is 2.51. The Labute approximate surface area is 95.8 Å². The van der Waals surface area contributed by atoms with Crippen LogP contribution in [0, 0.1) is 6.92 Å². The van der Waals surface area contributed by atoms with Gasteiger partial charge in [0.1, 0.15) is 0 Å². The highest BCUT2D eigenvalue weighted by Crippen LogP contribution is 2.28. The lowest BCUT2D eigenvalue weighted by atomic mass is 10.1. The van der Waals surface area contributed by atoms with Crippen molar-refractivity contribution in [3.63, 3.8) is 0 Å². The van der Waals surface area contributed by atoms with E-state index in [2.05, 4.69) is 18.1 Å². The molecule has 2 rings (SSSR count). The number of hydrogen-bond donors (Lipinski definition) is 0. The molecule has 3 nitrogen and oxygen atoms in total. The van der Waals surface area contributed by atoms with Crippen molar-refractivity contribution in [3.05, 3.63) is 29.3 Å². The molecular weight excluding hydrogens is 200 g/mol. The van der Waals surface area contributed by atoms with Crippen LogP contribution in [0.4, 0.5) is 5.69 Å². The van der Waals surface area contributed by atoms with Gasteiger partial charge in [-0.2, -0.15) is 10.1 Å². The van der Waals surface area contributed by atoms with E-state index in [-0.39, 0.29) is 5.91 Å². The normalized spacial score (nSPS) is 15.6. The van der Waals surface area contributed by atoms with Crippen LogP contribution in [0.5, 0.6) is 0 Å². The SMILES string of the molecule is CCc1cccc(C)c1N1N=C(C)CC1=O. The van der Waals surface area contributed by atoms with E-state index in [1.807, 2.05) is 26.0 Å². The molecule has 1 amide bonds. The van der Waals surface area contributed by atoms with Crippen LogP contribution in [0.3, 0.4) is 0 Å². The highest BCUT2D eigenvalue weighted by molar-refractivity contribution is 6.12. The molecule has 0 radical (unpaired) electrons. The van der Waals surface area contributed by atoms with Gasteiger partial charge < -0.3 is 0 Å². The van der Waals surface area contributed by atoms with Gasteiger partial charge >= 0.3 is 0 Å². The van der Waals surface area contributed by atoms with Crippen LogP contribution in [0.15, 0.2) is 23.3 Å². The first-order valence-corrected chi connectivity index (χ1v) is 5.59. The van der Waals surface area contributed by atoms with Crippen LogP contribution in [-0.4, -0.2) is 11.6 Å². The van der Waals surface area contributed by atoms with E-state index in [0.29, 0.717) is 6.42 Å². The fourth-order valence-electron chi connectivity index (χ4n) is 2.04. The standard InChI is InChI=1S/C13H16N2O/c1-4-11-7-5-6-9(2)13(11)15-12(16)8-10(3)14-15/h5-7H,4,8H2,1-3H3. The second kappa shape index (κ2) is 4.08. The second-order valence-corrected chi connectivity index (χ2v) is 4.15. The minimum atomic E-state index is 0.0708. The first kappa shape index (κ1) is 10.9. The molecule has 0 saturated heterocycles. The lowest BCUT2D eigenvalue weighted by Crippen LogP contribution is -2.21. The van der Waals surface area contributed by atoms with Crippen molar-refractivity contribution in [1.82, 2.24) is 0 Å². The second-order valence-electron chi connectivity index (χ2n) is 4.15. The predicted octanol–water partition coefficient (Wildman–Crippen LogP) is 2.67. The maximum Gasteiger partial charge on any atom is 0.253 e. The molecule has 1 aromatic carbocycles. The molecule has 16 heavy (non-hydrogen) atoms. The molecule has 0 N–H and O–H groups in total. The van der Waals surface area contributed by atoms with Crippen molar-refractivity contribution < 1.29 is 4.79 Å². The van der Waals surface area contributed by atoms with E-state index < -0.39 is 0 Å². The first-order valence-electron chi connectivity index (χ1n) is 5.59. The topological polar surface area (TPSA) is 32.7 Å². The highest BCUT2D eigenvalue weighted by Gasteiger charge is 2.25. The summed E-state index contributed by atoms with van der Waals surface area (Å²) in [6, 6.07) is 6.10. The monoisotopic (exact) mass is 216 g/mol. The van der Waals surface area contributed by atoms with E-state index in [1.54, 1.807) is 5.01 Å². The van der Waals surface area contributed by atoms with Gasteiger partial charge in [-0.3, -0.25) is 4.79 Å². The van der Waals surface area contributed by atoms with Crippen molar-refractivity contribution in [2.75, 3.05) is 5.01 Å². The van der Waals surface area contributed by atoms with Gasteiger partial charge in [0.25, 0.3) is 5.91 Å². The molecule has 0 fully saturated rings. The number of anilines is 1. The molecule has 1 aromatic rings. The third kappa shape index (κ3) is 1.73. The number of para-hydroxylation sites is 1. The van der Waals surface area contributed by atoms with Crippen molar-refractivity contribution in [1.29, 1.82) is 0 Å². The Kier molecular flexibility index (Phi) is 2.77. The van der Waals surface area contributed by atoms with Crippen LogP contribution in [0.1, 0.15) is 31.4 Å². The van der Waals surface area contributed by atoms with Crippen molar-refractivity contribution in [2.45, 2.75) is 33.6 Å². The molecule has 0 bridgehead atoms. The number of amides is 1. The lowest BCUT2D eigenvalue weighted by Gasteiger charge is -2.18. The average molecular weight is 216 g/mol. The summed E-state index contributed by atoms with van der Waals surface area (Å²) in [5.41, 5.74) is 4.13. The third-order valence-electron chi connectivity index (χ3n) is 2.83. The van der Waals surface area contributed by atoms with Gasteiger partial charge in [0, 0.05) is 5.71 Å². The predicted molar refractivity (Wildman–Crippen MR) is 65.8 cm³/mol. The molecule has 0 aromatic heterocycles. The number of aryl methyl sites for hydroxylation is 2. The number of hydrogen-bond acceptors (Lipinski definition) is 2. The summed E-state index contributed by atoms with van der Waals surface area (Å²) in [4.78, 5) is 11.8. The van der Waals surface area contributed by atoms with E-state index in [4.69, 9.17) is 0 Å². The number of benzene rings is 1. The molecule has 1 aliphatic heterocycles.